The molecule has 0 aliphatic heterocycles. The van der Waals surface area contributed by atoms with E-state index in [-0.39, 0.29) is 0 Å². The zero-order chi connectivity index (χ0) is 13.2. The lowest BCUT2D eigenvalue weighted by Gasteiger charge is -2.05. The molecule has 2 aromatic rings. The average molecular weight is 261 g/mol. The van der Waals surface area contributed by atoms with Gasteiger partial charge in [-0.3, -0.25) is 0 Å². The van der Waals surface area contributed by atoms with E-state index in [9.17, 15) is 8.78 Å². The van der Waals surface area contributed by atoms with Crippen molar-refractivity contribution in [2.45, 2.75) is 25.4 Å². The summed E-state index contributed by atoms with van der Waals surface area (Å²) in [6.45, 7) is 0.651. The van der Waals surface area contributed by atoms with Crippen molar-refractivity contribution in [1.82, 2.24) is 15.3 Å². The summed E-state index contributed by atoms with van der Waals surface area (Å²) >= 11 is 0. The summed E-state index contributed by atoms with van der Waals surface area (Å²) < 4.78 is 26.3. The Balaban J connectivity index is 1.84. The van der Waals surface area contributed by atoms with Gasteiger partial charge in [-0.2, -0.15) is 0 Å². The zero-order valence-electron chi connectivity index (χ0n) is 10.2. The number of hydrogen-bond acceptors (Lipinski definition) is 3. The van der Waals surface area contributed by atoms with E-state index in [1.807, 2.05) is 0 Å². The topological polar surface area (TPSA) is 37.8 Å². The third-order valence-electron chi connectivity index (χ3n) is 2.98. The second-order valence-corrected chi connectivity index (χ2v) is 4.68. The van der Waals surface area contributed by atoms with Gasteiger partial charge in [-0.25, -0.2) is 18.7 Å². The standard InChI is InChI=1S/C14H13F2N3/c15-10-5-9(6-11(16)7-10)14-17-4-3-13(19-14)8-18-12-1-2-12/h3-7,12,18H,1-2,8H2. The van der Waals surface area contributed by atoms with Gasteiger partial charge < -0.3 is 5.32 Å². The fourth-order valence-electron chi connectivity index (χ4n) is 1.85. The Morgan fingerprint density at radius 3 is 2.58 bits per heavy atom. The summed E-state index contributed by atoms with van der Waals surface area (Å²) in [6.07, 6.45) is 4.01. The molecule has 1 aromatic carbocycles. The predicted molar refractivity (Wildman–Crippen MR) is 67.2 cm³/mol. The van der Waals surface area contributed by atoms with Crippen molar-refractivity contribution >= 4 is 0 Å². The summed E-state index contributed by atoms with van der Waals surface area (Å²) in [4.78, 5) is 8.38. The van der Waals surface area contributed by atoms with Crippen LogP contribution < -0.4 is 5.32 Å². The van der Waals surface area contributed by atoms with E-state index in [0.717, 1.165) is 11.8 Å². The predicted octanol–water partition coefficient (Wildman–Crippen LogP) is 2.67. The maximum Gasteiger partial charge on any atom is 0.159 e. The lowest BCUT2D eigenvalue weighted by Crippen LogP contribution is -2.16. The molecule has 0 unspecified atom stereocenters. The largest absolute Gasteiger partial charge is 0.308 e. The van der Waals surface area contributed by atoms with Crippen LogP contribution in [0.5, 0.6) is 0 Å². The molecule has 0 amide bonds. The third-order valence-corrected chi connectivity index (χ3v) is 2.98. The third kappa shape index (κ3) is 3.12. The first-order valence-electron chi connectivity index (χ1n) is 6.22. The minimum atomic E-state index is -0.625. The molecule has 1 N–H and O–H groups in total. The molecule has 0 bridgehead atoms. The molecule has 3 rings (SSSR count). The second kappa shape index (κ2) is 5.01. The van der Waals surface area contributed by atoms with E-state index in [1.165, 1.54) is 25.0 Å². The molecule has 1 saturated carbocycles. The summed E-state index contributed by atoms with van der Waals surface area (Å²) in [6, 6.07) is 5.69. The highest BCUT2D eigenvalue weighted by atomic mass is 19.1. The van der Waals surface area contributed by atoms with Gasteiger partial charge in [0.25, 0.3) is 0 Å². The summed E-state index contributed by atoms with van der Waals surface area (Å²) in [5.74, 6) is -0.909. The van der Waals surface area contributed by atoms with Crippen LogP contribution in [-0.2, 0) is 6.54 Å². The number of nitrogens with zero attached hydrogens (tertiary/aromatic N) is 2. The highest BCUT2D eigenvalue weighted by Crippen LogP contribution is 2.20. The number of rotatable bonds is 4. The Kier molecular flexibility index (Phi) is 3.21. The van der Waals surface area contributed by atoms with Crippen LogP contribution in [-0.4, -0.2) is 16.0 Å². The van der Waals surface area contributed by atoms with Crippen LogP contribution in [0.2, 0.25) is 0 Å². The van der Waals surface area contributed by atoms with Gasteiger partial charge in [-0.15, -0.1) is 0 Å². The molecule has 1 aliphatic carbocycles. The molecule has 0 radical (unpaired) electrons. The van der Waals surface area contributed by atoms with Crippen LogP contribution in [0.3, 0.4) is 0 Å². The Morgan fingerprint density at radius 2 is 1.89 bits per heavy atom. The van der Waals surface area contributed by atoms with Gasteiger partial charge in [-0.05, 0) is 31.0 Å². The van der Waals surface area contributed by atoms with E-state index < -0.39 is 11.6 Å². The molecule has 3 nitrogen and oxygen atoms in total. The molecule has 1 fully saturated rings. The Morgan fingerprint density at radius 1 is 1.16 bits per heavy atom. The molecule has 0 spiro atoms. The van der Waals surface area contributed by atoms with Crippen molar-refractivity contribution < 1.29 is 8.78 Å². The number of halogens is 2. The van der Waals surface area contributed by atoms with Gasteiger partial charge in [0.1, 0.15) is 11.6 Å². The van der Waals surface area contributed by atoms with Gasteiger partial charge in [0, 0.05) is 30.4 Å². The minimum absolute atomic E-state index is 0.341. The van der Waals surface area contributed by atoms with Gasteiger partial charge in [0.05, 0.1) is 5.69 Å². The van der Waals surface area contributed by atoms with Crippen molar-refractivity contribution in [3.8, 4) is 11.4 Å². The first kappa shape index (κ1) is 12.2. The monoisotopic (exact) mass is 261 g/mol. The van der Waals surface area contributed by atoms with Crippen LogP contribution in [0, 0.1) is 11.6 Å². The second-order valence-electron chi connectivity index (χ2n) is 4.68. The van der Waals surface area contributed by atoms with Crippen LogP contribution in [0.1, 0.15) is 18.5 Å². The maximum atomic E-state index is 13.2. The van der Waals surface area contributed by atoms with Crippen LogP contribution >= 0.6 is 0 Å². The van der Waals surface area contributed by atoms with Crippen LogP contribution in [0.15, 0.2) is 30.5 Å². The van der Waals surface area contributed by atoms with Crippen molar-refractivity contribution in [2.24, 2.45) is 0 Å². The summed E-state index contributed by atoms with van der Waals surface area (Å²) in [5.41, 5.74) is 1.17. The minimum Gasteiger partial charge on any atom is -0.308 e. The molecular formula is C14H13F2N3. The number of benzene rings is 1. The lowest BCUT2D eigenvalue weighted by atomic mass is 10.2. The molecule has 5 heteroatoms. The van der Waals surface area contributed by atoms with Gasteiger partial charge in [-0.1, -0.05) is 0 Å². The van der Waals surface area contributed by atoms with E-state index >= 15 is 0 Å². The Hall–Kier alpha value is -1.88. The average Bonchev–Trinajstić information content (AvgIpc) is 3.20. The summed E-state index contributed by atoms with van der Waals surface area (Å²) in [5, 5.41) is 3.34. The number of aromatic nitrogens is 2. The molecule has 1 aromatic heterocycles. The fraction of sp³-hybridized carbons (Fsp3) is 0.286. The molecule has 0 atom stereocenters. The fourth-order valence-corrected chi connectivity index (χ4v) is 1.85. The first-order valence-corrected chi connectivity index (χ1v) is 6.22. The van der Waals surface area contributed by atoms with Gasteiger partial charge >= 0.3 is 0 Å². The molecule has 19 heavy (non-hydrogen) atoms. The van der Waals surface area contributed by atoms with E-state index in [2.05, 4.69) is 15.3 Å². The number of nitrogens with one attached hydrogen (secondary N) is 1. The lowest BCUT2D eigenvalue weighted by molar-refractivity contribution is 0.584. The quantitative estimate of drug-likeness (QED) is 0.919. The smallest absolute Gasteiger partial charge is 0.159 e. The first-order chi connectivity index (χ1) is 9.20. The van der Waals surface area contributed by atoms with E-state index in [4.69, 9.17) is 0 Å². The highest BCUT2D eigenvalue weighted by molar-refractivity contribution is 5.54. The Bertz CT molecular complexity index is 577. The van der Waals surface area contributed by atoms with Crippen molar-refractivity contribution in [3.05, 3.63) is 47.8 Å². The molecule has 0 saturated heterocycles. The van der Waals surface area contributed by atoms with Crippen molar-refractivity contribution in [3.63, 3.8) is 0 Å². The number of hydrogen-bond donors (Lipinski definition) is 1. The normalized spacial score (nSPS) is 14.6. The van der Waals surface area contributed by atoms with E-state index in [1.54, 1.807) is 12.3 Å². The van der Waals surface area contributed by atoms with E-state index in [0.29, 0.717) is 24.0 Å². The van der Waals surface area contributed by atoms with Crippen molar-refractivity contribution in [1.29, 1.82) is 0 Å². The van der Waals surface area contributed by atoms with Gasteiger partial charge in [0.15, 0.2) is 5.82 Å². The molecule has 1 aliphatic rings. The SMILES string of the molecule is Fc1cc(F)cc(-c2nccc(CNC3CC3)n2)c1. The van der Waals surface area contributed by atoms with Crippen molar-refractivity contribution in [2.75, 3.05) is 0 Å². The molecule has 1 heterocycles. The van der Waals surface area contributed by atoms with Crippen LogP contribution in [0.25, 0.3) is 11.4 Å². The molecule has 98 valence electrons. The zero-order valence-corrected chi connectivity index (χ0v) is 10.2. The maximum absolute atomic E-state index is 13.2. The highest BCUT2D eigenvalue weighted by Gasteiger charge is 2.20. The van der Waals surface area contributed by atoms with Gasteiger partial charge in [0.2, 0.25) is 0 Å². The van der Waals surface area contributed by atoms with Crippen LogP contribution in [0.4, 0.5) is 8.78 Å². The Labute approximate surface area is 109 Å². The summed E-state index contributed by atoms with van der Waals surface area (Å²) in [7, 11) is 0. The molecular weight excluding hydrogens is 248 g/mol.